The summed E-state index contributed by atoms with van der Waals surface area (Å²) in [5.74, 6) is 0. The first-order chi connectivity index (χ1) is 10.3. The van der Waals surface area contributed by atoms with Gasteiger partial charge in [0.2, 0.25) is 0 Å². The number of benzene rings is 1. The van der Waals surface area contributed by atoms with E-state index >= 15 is 0 Å². The fourth-order valence-electron chi connectivity index (χ4n) is 1.72. The van der Waals surface area contributed by atoms with E-state index in [-0.39, 0.29) is 11.4 Å². The van der Waals surface area contributed by atoms with Gasteiger partial charge in [0.1, 0.15) is 11.4 Å². The van der Waals surface area contributed by atoms with Crippen molar-refractivity contribution in [1.82, 2.24) is 0 Å². The summed E-state index contributed by atoms with van der Waals surface area (Å²) in [5, 5.41) is 34.0. The predicted molar refractivity (Wildman–Crippen MR) is 101 cm³/mol. The van der Waals surface area contributed by atoms with Crippen molar-refractivity contribution in [2.45, 2.75) is 0 Å². The molecule has 0 fully saturated rings. The molecule has 0 aliphatic heterocycles. The molecular weight excluding hydrogens is 537 g/mol. The van der Waals surface area contributed by atoms with Crippen molar-refractivity contribution >= 4 is 73.9 Å². The summed E-state index contributed by atoms with van der Waals surface area (Å²) in [4.78, 5) is 10.5. The van der Waals surface area contributed by atoms with Crippen LogP contribution in [0.3, 0.4) is 0 Å². The van der Waals surface area contributed by atoms with Gasteiger partial charge in [0.15, 0.2) is 5.71 Å². The van der Waals surface area contributed by atoms with Gasteiger partial charge in [-0.25, -0.2) is 0 Å². The molecule has 0 saturated heterocycles. The van der Waals surface area contributed by atoms with Crippen LogP contribution in [0.5, 0.6) is 0 Å². The minimum Gasteiger partial charge on any atom is -0.410 e. The average Bonchev–Trinajstić information content (AvgIpc) is 2.44. The first kappa shape index (κ1) is 17.1. The van der Waals surface area contributed by atoms with E-state index in [1.807, 2.05) is 6.07 Å². The van der Waals surface area contributed by atoms with E-state index in [1.165, 1.54) is 12.2 Å². The van der Waals surface area contributed by atoms with Crippen molar-refractivity contribution in [2.75, 3.05) is 5.32 Å². The van der Waals surface area contributed by atoms with E-state index in [4.69, 9.17) is 22.2 Å². The van der Waals surface area contributed by atoms with Crippen LogP contribution in [0.25, 0.3) is 0 Å². The third kappa shape index (κ3) is 3.41. The largest absolute Gasteiger partial charge is 0.410 e. The normalized spacial score (nSPS) is 16.3. The maximum atomic E-state index is 11.2. The molecule has 1 aliphatic carbocycles. The van der Waals surface area contributed by atoms with Crippen molar-refractivity contribution in [3.8, 4) is 0 Å². The quantitative estimate of drug-likeness (QED) is 0.134. The van der Waals surface area contributed by atoms with Crippen LogP contribution in [-0.2, 0) is 0 Å². The molecule has 0 heterocycles. The van der Waals surface area contributed by atoms with Gasteiger partial charge in [-0.15, -0.1) is 0 Å². The number of allylic oxidation sites excluding steroid dienone is 3. The van der Waals surface area contributed by atoms with Crippen LogP contribution >= 0.6 is 56.8 Å². The summed E-state index contributed by atoms with van der Waals surface area (Å²) in [6.07, 6.45) is 2.70. The van der Waals surface area contributed by atoms with Gasteiger partial charge in [-0.3, -0.25) is 15.5 Å². The lowest BCUT2D eigenvalue weighted by molar-refractivity contribution is -0.415. The molecule has 1 aromatic carbocycles. The second kappa shape index (κ2) is 6.91. The lowest BCUT2D eigenvalue weighted by Crippen LogP contribution is -2.26. The van der Waals surface area contributed by atoms with Gasteiger partial charge in [-0.2, -0.15) is 0 Å². The maximum absolute atomic E-state index is 11.2. The molecule has 1 aromatic rings. The van der Waals surface area contributed by atoms with Crippen LogP contribution in [-0.4, -0.2) is 21.6 Å². The SMILES string of the molecule is N=C1C([N+](=O)[O-])=C(Nc2cc(Cl)c(I)cc2I)C=C/C1=N/O. The van der Waals surface area contributed by atoms with Gasteiger partial charge >= 0.3 is 5.70 Å². The Morgan fingerprint density at radius 2 is 2.00 bits per heavy atom. The van der Waals surface area contributed by atoms with Crippen LogP contribution in [0.2, 0.25) is 5.02 Å². The molecule has 0 saturated carbocycles. The highest BCUT2D eigenvalue weighted by Crippen LogP contribution is 2.30. The van der Waals surface area contributed by atoms with Gasteiger partial charge in [-0.1, -0.05) is 16.8 Å². The van der Waals surface area contributed by atoms with Crippen molar-refractivity contribution in [2.24, 2.45) is 5.16 Å². The number of hydrogen-bond acceptors (Lipinski definition) is 6. The molecule has 0 spiro atoms. The number of nitrogens with one attached hydrogen (secondary N) is 2. The maximum Gasteiger partial charge on any atom is 0.319 e. The Morgan fingerprint density at radius 3 is 2.59 bits per heavy atom. The Labute approximate surface area is 157 Å². The van der Waals surface area contributed by atoms with Gasteiger partial charge in [0.05, 0.1) is 15.6 Å². The molecule has 0 unspecified atom stereocenters. The molecule has 0 radical (unpaired) electrons. The Hall–Kier alpha value is -1.21. The van der Waals surface area contributed by atoms with Crippen LogP contribution in [0.1, 0.15) is 0 Å². The Kier molecular flexibility index (Phi) is 5.39. The highest BCUT2D eigenvalue weighted by molar-refractivity contribution is 14.1. The zero-order valence-electron chi connectivity index (χ0n) is 10.6. The van der Waals surface area contributed by atoms with Crippen LogP contribution in [0, 0.1) is 22.7 Å². The van der Waals surface area contributed by atoms with Crippen molar-refractivity contribution in [1.29, 1.82) is 5.41 Å². The molecule has 0 amide bonds. The van der Waals surface area contributed by atoms with E-state index in [2.05, 4.69) is 55.7 Å². The summed E-state index contributed by atoms with van der Waals surface area (Å²) >= 11 is 10.2. The monoisotopic (exact) mass is 544 g/mol. The lowest BCUT2D eigenvalue weighted by Gasteiger charge is -2.14. The Morgan fingerprint density at radius 1 is 1.32 bits per heavy atom. The lowest BCUT2D eigenvalue weighted by atomic mass is 10.0. The summed E-state index contributed by atoms with van der Waals surface area (Å²) in [5.41, 5.74) is -0.405. The van der Waals surface area contributed by atoms with Crippen LogP contribution < -0.4 is 5.32 Å². The zero-order chi connectivity index (χ0) is 16.4. The standard InChI is InChI=1S/C12H7ClI2N4O3/c13-5-3-10(7(15)4-6(5)14)17-9-2-1-8(18-20)11(16)12(9)19(21)22/h1-4,16-17,20H/b16-11?,18-8-. The third-order valence-electron chi connectivity index (χ3n) is 2.73. The second-order valence-electron chi connectivity index (χ2n) is 4.08. The number of nitro groups is 1. The molecule has 114 valence electrons. The van der Waals surface area contributed by atoms with E-state index < -0.39 is 16.3 Å². The van der Waals surface area contributed by atoms with Crippen LogP contribution in [0.15, 0.2) is 40.8 Å². The molecule has 2 rings (SSSR count). The third-order valence-corrected chi connectivity index (χ3v) is 5.14. The van der Waals surface area contributed by atoms with Gasteiger partial charge in [-0.05, 0) is 69.5 Å². The van der Waals surface area contributed by atoms with Crippen molar-refractivity contribution < 1.29 is 10.1 Å². The molecule has 0 aromatic heterocycles. The van der Waals surface area contributed by atoms with Crippen molar-refractivity contribution in [3.63, 3.8) is 0 Å². The highest BCUT2D eigenvalue weighted by Gasteiger charge is 2.30. The Bertz CT molecular complexity index is 774. The molecular formula is C12H7ClI2N4O3. The number of hydrogen-bond donors (Lipinski definition) is 3. The molecule has 3 N–H and O–H groups in total. The second-order valence-corrected chi connectivity index (χ2v) is 6.82. The molecule has 22 heavy (non-hydrogen) atoms. The van der Waals surface area contributed by atoms with E-state index in [9.17, 15) is 10.1 Å². The Balaban J connectivity index is 2.49. The summed E-state index contributed by atoms with van der Waals surface area (Å²) in [6.45, 7) is 0. The average molecular weight is 544 g/mol. The summed E-state index contributed by atoms with van der Waals surface area (Å²) < 4.78 is 1.68. The number of nitrogens with zero attached hydrogens (tertiary/aromatic N) is 2. The molecule has 10 heteroatoms. The predicted octanol–water partition coefficient (Wildman–Crippen LogP) is 3.87. The highest BCUT2D eigenvalue weighted by atomic mass is 127. The minimum atomic E-state index is -0.694. The molecule has 7 nitrogen and oxygen atoms in total. The minimum absolute atomic E-state index is 0.123. The first-order valence-corrected chi connectivity index (χ1v) is 8.18. The number of anilines is 1. The smallest absolute Gasteiger partial charge is 0.319 e. The topological polar surface area (TPSA) is 112 Å². The van der Waals surface area contributed by atoms with Crippen LogP contribution in [0.4, 0.5) is 5.69 Å². The molecule has 0 atom stereocenters. The van der Waals surface area contributed by atoms with Gasteiger partial charge < -0.3 is 10.5 Å². The van der Waals surface area contributed by atoms with E-state index in [0.717, 1.165) is 7.14 Å². The number of halogens is 3. The first-order valence-electron chi connectivity index (χ1n) is 5.64. The zero-order valence-corrected chi connectivity index (χ0v) is 15.7. The fraction of sp³-hybridized carbons (Fsp3) is 0. The van der Waals surface area contributed by atoms with Gasteiger partial charge in [0.25, 0.3) is 0 Å². The molecule has 1 aliphatic rings. The van der Waals surface area contributed by atoms with E-state index in [0.29, 0.717) is 10.7 Å². The number of rotatable bonds is 3. The fourth-order valence-corrected chi connectivity index (χ4v) is 3.55. The van der Waals surface area contributed by atoms with Crippen molar-refractivity contribution in [3.05, 3.63) is 58.0 Å². The number of oxime groups is 1. The summed E-state index contributed by atoms with van der Waals surface area (Å²) in [6, 6.07) is 3.49. The summed E-state index contributed by atoms with van der Waals surface area (Å²) in [7, 11) is 0. The van der Waals surface area contributed by atoms with E-state index in [1.54, 1.807) is 6.07 Å². The van der Waals surface area contributed by atoms with Gasteiger partial charge in [0, 0.05) is 7.14 Å². The molecule has 0 bridgehead atoms.